The van der Waals surface area contributed by atoms with Gasteiger partial charge in [-0.15, -0.1) is 0 Å². The maximum absolute atomic E-state index is 12.4. The Bertz CT molecular complexity index is 648. The largest absolute Gasteiger partial charge is 0.497 e. The van der Waals surface area contributed by atoms with Crippen molar-refractivity contribution in [3.8, 4) is 5.75 Å². The van der Waals surface area contributed by atoms with Crippen molar-refractivity contribution < 1.29 is 9.53 Å². The van der Waals surface area contributed by atoms with E-state index in [4.69, 9.17) is 4.74 Å². The molecule has 21 heavy (non-hydrogen) atoms. The minimum absolute atomic E-state index is 0.138. The first-order chi connectivity index (χ1) is 10.2. The van der Waals surface area contributed by atoms with Crippen molar-refractivity contribution in [2.24, 2.45) is 0 Å². The smallest absolute Gasteiger partial charge is 0.327 e. The molecule has 0 saturated carbocycles. The number of carbonyl (C=O) groups excluding carboxylic acids is 1. The van der Waals surface area contributed by atoms with E-state index < -0.39 is 0 Å². The molecule has 0 aliphatic carbocycles. The van der Waals surface area contributed by atoms with Gasteiger partial charge in [0.25, 0.3) is 0 Å². The fourth-order valence-corrected chi connectivity index (χ4v) is 2.48. The van der Waals surface area contributed by atoms with Crippen LogP contribution in [0.3, 0.4) is 0 Å². The monoisotopic (exact) mass is 286 g/mol. The number of aryl methyl sites for hydroxylation is 2. The molecule has 1 aromatic heterocycles. The second-order valence-corrected chi connectivity index (χ2v) is 5.03. The Hall–Kier alpha value is -2.50. The molecule has 1 aliphatic rings. The van der Waals surface area contributed by atoms with Crippen LogP contribution in [0.2, 0.25) is 0 Å². The number of benzene rings is 1. The molecule has 1 aliphatic heterocycles. The van der Waals surface area contributed by atoms with E-state index in [1.807, 2.05) is 41.9 Å². The highest BCUT2D eigenvalue weighted by molar-refractivity contribution is 6.01. The molecule has 1 N–H and O–H groups in total. The molecule has 0 atom stereocenters. The lowest BCUT2D eigenvalue weighted by Gasteiger charge is -2.27. The molecule has 2 aromatic rings. The van der Waals surface area contributed by atoms with Crippen molar-refractivity contribution in [3.63, 3.8) is 0 Å². The van der Waals surface area contributed by atoms with Crippen molar-refractivity contribution in [3.05, 3.63) is 36.0 Å². The highest BCUT2D eigenvalue weighted by atomic mass is 16.5. The van der Waals surface area contributed by atoms with Gasteiger partial charge in [0.2, 0.25) is 0 Å². The molecule has 6 heteroatoms. The van der Waals surface area contributed by atoms with Crippen molar-refractivity contribution in [2.45, 2.75) is 19.9 Å². The predicted octanol–water partition coefficient (Wildman–Crippen LogP) is 2.64. The second kappa shape index (κ2) is 5.47. The molecule has 6 nitrogen and oxygen atoms in total. The highest BCUT2D eigenvalue weighted by Crippen LogP contribution is 2.23. The number of methoxy groups -OCH3 is 1. The van der Waals surface area contributed by atoms with Gasteiger partial charge in [0.1, 0.15) is 11.6 Å². The van der Waals surface area contributed by atoms with E-state index in [2.05, 4.69) is 10.4 Å². The third kappa shape index (κ3) is 2.69. The lowest BCUT2D eigenvalue weighted by atomic mass is 10.3. The van der Waals surface area contributed by atoms with Crippen LogP contribution in [-0.2, 0) is 6.54 Å². The number of carbonyl (C=O) groups is 1. The number of anilines is 2. The molecule has 2 amide bonds. The van der Waals surface area contributed by atoms with E-state index in [9.17, 15) is 4.79 Å². The predicted molar refractivity (Wildman–Crippen MR) is 80.9 cm³/mol. The summed E-state index contributed by atoms with van der Waals surface area (Å²) in [6.45, 7) is 3.49. The SMILES string of the molecule is COc1ccc(NC(=O)N2CCCn3nc(C)cc32)cc1. The van der Waals surface area contributed by atoms with E-state index in [1.165, 1.54) is 0 Å². The normalized spacial score (nSPS) is 13.7. The standard InChI is InChI=1S/C15H18N4O2/c1-11-10-14-18(8-3-9-19(14)17-11)15(20)16-12-4-6-13(21-2)7-5-12/h4-7,10H,3,8-9H2,1-2H3,(H,16,20). The fraction of sp³-hybridized carbons (Fsp3) is 0.333. The van der Waals surface area contributed by atoms with Crippen LogP contribution in [-0.4, -0.2) is 29.5 Å². The molecule has 1 aromatic carbocycles. The number of nitrogens with zero attached hydrogens (tertiary/aromatic N) is 3. The lowest BCUT2D eigenvalue weighted by Crippen LogP contribution is -2.40. The number of urea groups is 1. The van der Waals surface area contributed by atoms with Gasteiger partial charge in [0, 0.05) is 24.8 Å². The van der Waals surface area contributed by atoms with Crippen molar-refractivity contribution in [1.82, 2.24) is 9.78 Å². The number of hydrogen-bond donors (Lipinski definition) is 1. The summed E-state index contributed by atoms with van der Waals surface area (Å²) in [6.07, 6.45) is 0.907. The van der Waals surface area contributed by atoms with Crippen LogP contribution >= 0.6 is 0 Å². The molecule has 2 heterocycles. The van der Waals surface area contributed by atoms with Crippen molar-refractivity contribution >= 4 is 17.5 Å². The third-order valence-electron chi connectivity index (χ3n) is 3.50. The Morgan fingerprint density at radius 2 is 2.05 bits per heavy atom. The van der Waals surface area contributed by atoms with Crippen LogP contribution in [0.5, 0.6) is 5.75 Å². The fourth-order valence-electron chi connectivity index (χ4n) is 2.48. The Kier molecular flexibility index (Phi) is 3.51. The molecule has 0 spiro atoms. The van der Waals surface area contributed by atoms with Gasteiger partial charge >= 0.3 is 6.03 Å². The average molecular weight is 286 g/mol. The number of fused-ring (bicyclic) bond motifs is 1. The molecule has 3 rings (SSSR count). The van der Waals surface area contributed by atoms with Crippen LogP contribution < -0.4 is 15.0 Å². The van der Waals surface area contributed by atoms with E-state index in [0.717, 1.165) is 35.9 Å². The summed E-state index contributed by atoms with van der Waals surface area (Å²) in [7, 11) is 1.62. The molecule has 0 bridgehead atoms. The zero-order valence-electron chi connectivity index (χ0n) is 12.2. The summed E-state index contributed by atoms with van der Waals surface area (Å²) in [4.78, 5) is 14.2. The quantitative estimate of drug-likeness (QED) is 0.923. The van der Waals surface area contributed by atoms with E-state index in [0.29, 0.717) is 6.54 Å². The lowest BCUT2D eigenvalue weighted by molar-refractivity contribution is 0.255. The molecule has 0 fully saturated rings. The molecular weight excluding hydrogens is 268 g/mol. The highest BCUT2D eigenvalue weighted by Gasteiger charge is 2.24. The zero-order valence-corrected chi connectivity index (χ0v) is 12.2. The zero-order chi connectivity index (χ0) is 14.8. The summed E-state index contributed by atoms with van der Waals surface area (Å²) in [5.41, 5.74) is 1.67. The van der Waals surface area contributed by atoms with E-state index >= 15 is 0 Å². The van der Waals surface area contributed by atoms with Crippen LogP contribution in [0, 0.1) is 6.92 Å². The first-order valence-corrected chi connectivity index (χ1v) is 6.94. The maximum Gasteiger partial charge on any atom is 0.327 e. The number of ether oxygens (including phenoxy) is 1. The van der Waals surface area contributed by atoms with E-state index in [1.54, 1.807) is 12.0 Å². The first kappa shape index (κ1) is 13.5. The number of rotatable bonds is 2. The van der Waals surface area contributed by atoms with Gasteiger partial charge in [-0.1, -0.05) is 0 Å². The number of hydrogen-bond acceptors (Lipinski definition) is 3. The third-order valence-corrected chi connectivity index (χ3v) is 3.50. The summed E-state index contributed by atoms with van der Waals surface area (Å²) < 4.78 is 6.99. The summed E-state index contributed by atoms with van der Waals surface area (Å²) >= 11 is 0. The van der Waals surface area contributed by atoms with Gasteiger partial charge in [-0.3, -0.25) is 4.90 Å². The summed E-state index contributed by atoms with van der Waals surface area (Å²) in [5.74, 6) is 1.62. The molecule has 110 valence electrons. The van der Waals surface area contributed by atoms with Crippen LogP contribution in [0.25, 0.3) is 0 Å². The minimum Gasteiger partial charge on any atom is -0.497 e. The van der Waals surface area contributed by atoms with Gasteiger partial charge in [-0.05, 0) is 37.6 Å². The van der Waals surface area contributed by atoms with Gasteiger partial charge in [0.05, 0.1) is 12.8 Å². The Morgan fingerprint density at radius 3 is 2.76 bits per heavy atom. The molecule has 0 saturated heterocycles. The molecule has 0 radical (unpaired) electrons. The summed E-state index contributed by atoms with van der Waals surface area (Å²) in [6, 6.07) is 9.08. The van der Waals surface area contributed by atoms with Crippen LogP contribution in [0.15, 0.2) is 30.3 Å². The summed E-state index contributed by atoms with van der Waals surface area (Å²) in [5, 5.41) is 7.30. The van der Waals surface area contributed by atoms with Gasteiger partial charge in [-0.25, -0.2) is 9.48 Å². The maximum atomic E-state index is 12.4. The van der Waals surface area contributed by atoms with Crippen LogP contribution in [0.4, 0.5) is 16.3 Å². The van der Waals surface area contributed by atoms with Gasteiger partial charge < -0.3 is 10.1 Å². The molecular formula is C15H18N4O2. The minimum atomic E-state index is -0.138. The van der Waals surface area contributed by atoms with Crippen LogP contribution in [0.1, 0.15) is 12.1 Å². The van der Waals surface area contributed by atoms with Crippen molar-refractivity contribution in [2.75, 3.05) is 23.9 Å². The first-order valence-electron chi connectivity index (χ1n) is 6.94. The second-order valence-electron chi connectivity index (χ2n) is 5.03. The van der Waals surface area contributed by atoms with Gasteiger partial charge in [-0.2, -0.15) is 5.10 Å². The Balaban J connectivity index is 1.76. The molecule has 0 unspecified atom stereocenters. The number of amides is 2. The van der Waals surface area contributed by atoms with E-state index in [-0.39, 0.29) is 6.03 Å². The number of aromatic nitrogens is 2. The Labute approximate surface area is 123 Å². The number of nitrogens with one attached hydrogen (secondary N) is 1. The Morgan fingerprint density at radius 1 is 1.29 bits per heavy atom. The topological polar surface area (TPSA) is 59.4 Å². The van der Waals surface area contributed by atoms with Crippen molar-refractivity contribution in [1.29, 1.82) is 0 Å². The van der Waals surface area contributed by atoms with Gasteiger partial charge in [0.15, 0.2) is 0 Å². The average Bonchev–Trinajstić information content (AvgIpc) is 2.87.